The van der Waals surface area contributed by atoms with Gasteiger partial charge in [0.25, 0.3) is 0 Å². The molecule has 0 fully saturated rings. The van der Waals surface area contributed by atoms with Crippen molar-refractivity contribution in [3.05, 3.63) is 35.4 Å². The monoisotopic (exact) mass is 366 g/mol. The smallest absolute Gasteiger partial charge is 0.152 e. The molecule has 0 amide bonds. The van der Waals surface area contributed by atoms with Gasteiger partial charge in [-0.3, -0.25) is 0 Å². The van der Waals surface area contributed by atoms with Crippen LogP contribution in [0.25, 0.3) is 0 Å². The molecule has 25 heavy (non-hydrogen) atoms. The Morgan fingerprint density at radius 2 is 1.16 bits per heavy atom. The fraction of sp³-hybridized carbons (Fsp3) is 0.727. The molecular weight excluding hydrogens is 328 g/mol. The molecule has 1 aromatic rings. The molecule has 0 heterocycles. The zero-order valence-corrected chi connectivity index (χ0v) is 17.4. The summed E-state index contributed by atoms with van der Waals surface area (Å²) in [6, 6.07) is 9.16. The fourth-order valence-electron chi connectivity index (χ4n) is 3.01. The van der Waals surface area contributed by atoms with Crippen molar-refractivity contribution in [2.45, 2.75) is 96.7 Å². The van der Waals surface area contributed by atoms with E-state index >= 15 is 0 Å². The van der Waals surface area contributed by atoms with Crippen LogP contribution in [-0.4, -0.2) is 19.4 Å². The Kier molecular flexibility index (Phi) is 11.1. The van der Waals surface area contributed by atoms with Crippen LogP contribution in [0.5, 0.6) is 0 Å². The zero-order chi connectivity index (χ0) is 18.5. The van der Waals surface area contributed by atoms with Crippen molar-refractivity contribution in [2.24, 2.45) is 0 Å². The van der Waals surface area contributed by atoms with Crippen molar-refractivity contribution >= 4 is 9.84 Å². The third kappa shape index (κ3) is 10.0. The normalized spacial score (nSPS) is 12.0. The minimum Gasteiger partial charge on any atom is -0.229 e. The summed E-state index contributed by atoms with van der Waals surface area (Å²) >= 11 is 0. The van der Waals surface area contributed by atoms with Gasteiger partial charge in [-0.1, -0.05) is 69.7 Å². The van der Waals surface area contributed by atoms with Gasteiger partial charge in [0.15, 0.2) is 9.84 Å². The van der Waals surface area contributed by atoms with Gasteiger partial charge in [-0.15, -0.1) is 0 Å². The van der Waals surface area contributed by atoms with Gasteiger partial charge >= 0.3 is 0 Å². The van der Waals surface area contributed by atoms with Gasteiger partial charge in [-0.2, -0.15) is 0 Å². The van der Waals surface area contributed by atoms with Gasteiger partial charge in [0, 0.05) is 0 Å². The van der Waals surface area contributed by atoms with E-state index in [0.29, 0.717) is 5.75 Å². The number of aryl methyl sites for hydroxylation is 2. The molecule has 0 spiro atoms. The van der Waals surface area contributed by atoms with Gasteiger partial charge in [-0.05, 0) is 57.1 Å². The topological polar surface area (TPSA) is 34.1 Å². The quantitative estimate of drug-likeness (QED) is 0.371. The Morgan fingerprint density at radius 3 is 1.64 bits per heavy atom. The van der Waals surface area contributed by atoms with Gasteiger partial charge in [0.2, 0.25) is 0 Å². The second-order valence-corrected chi connectivity index (χ2v) is 10.2. The summed E-state index contributed by atoms with van der Waals surface area (Å²) in [5.41, 5.74) is 2.92. The summed E-state index contributed by atoms with van der Waals surface area (Å²) < 4.78 is 23.4. The number of unbranched alkanes of at least 4 members (excludes halogenated alkanes) is 7. The van der Waals surface area contributed by atoms with Crippen LogP contribution in [0.1, 0.15) is 89.7 Å². The Morgan fingerprint density at radius 1 is 0.720 bits per heavy atom. The molecule has 0 bridgehead atoms. The van der Waals surface area contributed by atoms with E-state index in [1.54, 1.807) is 13.8 Å². The highest BCUT2D eigenvalue weighted by Gasteiger charge is 2.14. The first-order valence-corrected chi connectivity index (χ1v) is 12.0. The van der Waals surface area contributed by atoms with Crippen molar-refractivity contribution in [1.29, 1.82) is 0 Å². The highest BCUT2D eigenvalue weighted by Crippen LogP contribution is 2.13. The van der Waals surface area contributed by atoms with E-state index in [1.165, 1.54) is 68.9 Å². The minimum atomic E-state index is -2.84. The molecule has 0 aliphatic heterocycles. The van der Waals surface area contributed by atoms with Crippen LogP contribution in [0.15, 0.2) is 24.3 Å². The average Bonchev–Trinajstić information content (AvgIpc) is 2.59. The molecule has 1 rings (SSSR count). The summed E-state index contributed by atoms with van der Waals surface area (Å²) in [5, 5.41) is -0.229. The summed E-state index contributed by atoms with van der Waals surface area (Å²) in [7, 11) is -2.84. The predicted molar refractivity (Wildman–Crippen MR) is 110 cm³/mol. The van der Waals surface area contributed by atoms with E-state index in [0.717, 1.165) is 12.8 Å². The van der Waals surface area contributed by atoms with Crippen molar-refractivity contribution in [1.82, 2.24) is 0 Å². The standard InChI is InChI=1S/C22H38O2S/c1-4-5-13-21-15-17-22(18-16-21)14-11-9-7-6-8-10-12-19-25(23,24)20(2)3/h15-18,20H,4-14,19H2,1-3H3. The van der Waals surface area contributed by atoms with E-state index in [-0.39, 0.29) is 5.25 Å². The van der Waals surface area contributed by atoms with Gasteiger partial charge in [0.05, 0.1) is 11.0 Å². The third-order valence-electron chi connectivity index (χ3n) is 4.95. The maximum Gasteiger partial charge on any atom is 0.152 e. The Balaban J connectivity index is 2.01. The molecule has 0 aromatic heterocycles. The molecule has 0 saturated carbocycles. The number of rotatable bonds is 14. The second kappa shape index (κ2) is 12.5. The van der Waals surface area contributed by atoms with Gasteiger partial charge in [0.1, 0.15) is 0 Å². The third-order valence-corrected chi connectivity index (χ3v) is 7.25. The molecule has 3 heteroatoms. The zero-order valence-electron chi connectivity index (χ0n) is 16.6. The first-order chi connectivity index (χ1) is 12.0. The van der Waals surface area contributed by atoms with E-state index < -0.39 is 9.84 Å². The first-order valence-electron chi connectivity index (χ1n) is 10.2. The van der Waals surface area contributed by atoms with E-state index in [9.17, 15) is 8.42 Å². The van der Waals surface area contributed by atoms with Crippen LogP contribution < -0.4 is 0 Å². The van der Waals surface area contributed by atoms with Gasteiger partial charge < -0.3 is 0 Å². The lowest BCUT2D eigenvalue weighted by Crippen LogP contribution is -2.17. The maximum atomic E-state index is 11.7. The van der Waals surface area contributed by atoms with E-state index in [4.69, 9.17) is 0 Å². The molecule has 0 unspecified atom stereocenters. The van der Waals surface area contributed by atoms with Crippen LogP contribution in [0.4, 0.5) is 0 Å². The van der Waals surface area contributed by atoms with Crippen molar-refractivity contribution < 1.29 is 8.42 Å². The summed E-state index contributed by atoms with van der Waals surface area (Å²) in [5.74, 6) is 0.360. The molecule has 0 radical (unpaired) electrons. The lowest BCUT2D eigenvalue weighted by atomic mass is 10.0. The molecule has 0 aliphatic carbocycles. The van der Waals surface area contributed by atoms with Gasteiger partial charge in [-0.25, -0.2) is 8.42 Å². The summed E-state index contributed by atoms with van der Waals surface area (Å²) in [4.78, 5) is 0. The molecule has 0 N–H and O–H groups in total. The molecule has 2 nitrogen and oxygen atoms in total. The maximum absolute atomic E-state index is 11.7. The molecule has 0 saturated heterocycles. The SMILES string of the molecule is CCCCc1ccc(CCCCCCCCCS(=O)(=O)C(C)C)cc1. The van der Waals surface area contributed by atoms with Crippen molar-refractivity contribution in [3.8, 4) is 0 Å². The molecule has 0 atom stereocenters. The number of sulfone groups is 1. The molecule has 1 aromatic carbocycles. The summed E-state index contributed by atoms with van der Waals surface area (Å²) in [6.45, 7) is 5.78. The average molecular weight is 367 g/mol. The van der Waals surface area contributed by atoms with E-state index in [2.05, 4.69) is 31.2 Å². The second-order valence-electron chi connectivity index (χ2n) is 7.56. The lowest BCUT2D eigenvalue weighted by Gasteiger charge is -2.07. The van der Waals surface area contributed by atoms with Crippen LogP contribution in [0.2, 0.25) is 0 Å². The number of hydrogen-bond donors (Lipinski definition) is 0. The van der Waals surface area contributed by atoms with Crippen LogP contribution in [-0.2, 0) is 22.7 Å². The molecule has 144 valence electrons. The molecular formula is C22H38O2S. The first kappa shape index (κ1) is 22.2. The van der Waals surface area contributed by atoms with Crippen LogP contribution in [0, 0.1) is 0 Å². The highest BCUT2D eigenvalue weighted by molar-refractivity contribution is 7.91. The lowest BCUT2D eigenvalue weighted by molar-refractivity contribution is 0.569. The fourth-order valence-corrected chi connectivity index (χ4v) is 4.08. The number of benzene rings is 1. The van der Waals surface area contributed by atoms with Crippen LogP contribution in [0.3, 0.4) is 0 Å². The van der Waals surface area contributed by atoms with Crippen molar-refractivity contribution in [2.75, 3.05) is 5.75 Å². The van der Waals surface area contributed by atoms with E-state index in [1.807, 2.05) is 0 Å². The van der Waals surface area contributed by atoms with Crippen LogP contribution >= 0.6 is 0 Å². The largest absolute Gasteiger partial charge is 0.229 e. The number of hydrogen-bond acceptors (Lipinski definition) is 2. The highest BCUT2D eigenvalue weighted by atomic mass is 32.2. The Hall–Kier alpha value is -0.830. The minimum absolute atomic E-state index is 0.229. The Labute approximate surface area is 156 Å². The summed E-state index contributed by atoms with van der Waals surface area (Å²) in [6.07, 6.45) is 13.0. The molecule has 0 aliphatic rings. The van der Waals surface area contributed by atoms with Crippen molar-refractivity contribution in [3.63, 3.8) is 0 Å². The Bertz CT molecular complexity index is 544. The predicted octanol–water partition coefficient (Wildman–Crippen LogP) is 6.13.